The van der Waals surface area contributed by atoms with Gasteiger partial charge in [0.05, 0.1) is 23.3 Å². The molecule has 0 atom stereocenters. The minimum atomic E-state index is -0.271. The van der Waals surface area contributed by atoms with E-state index in [4.69, 9.17) is 16.9 Å². The van der Waals surface area contributed by atoms with Gasteiger partial charge in [0.2, 0.25) is 0 Å². The highest BCUT2D eigenvalue weighted by molar-refractivity contribution is 5.40. The first-order valence-electron chi connectivity index (χ1n) is 32.7. The number of terminal acetylenes is 1. The summed E-state index contributed by atoms with van der Waals surface area (Å²) < 4.78 is 26.2. The van der Waals surface area contributed by atoms with E-state index >= 15 is 0 Å². The Balaban J connectivity index is -0.000000323. The van der Waals surface area contributed by atoms with Crippen molar-refractivity contribution in [1.82, 2.24) is 4.98 Å². The number of nitriles is 2. The summed E-state index contributed by atoms with van der Waals surface area (Å²) in [6.07, 6.45) is 15.6. The van der Waals surface area contributed by atoms with Crippen LogP contribution in [-0.2, 0) is 51.4 Å². The molecule has 5 heteroatoms. The van der Waals surface area contributed by atoms with Gasteiger partial charge in [0, 0.05) is 17.5 Å². The third kappa shape index (κ3) is 49.3. The fourth-order valence-electron chi connectivity index (χ4n) is 9.32. The molecule has 0 N–H and O–H groups in total. The van der Waals surface area contributed by atoms with Crippen LogP contribution < -0.4 is 0 Å². The Kier molecular flexibility index (Phi) is 56.9. The highest BCUT2D eigenvalue weighted by Crippen LogP contribution is 2.17. The summed E-state index contributed by atoms with van der Waals surface area (Å²) in [5.41, 5.74) is 14.5. The molecule has 1 heterocycles. The second kappa shape index (κ2) is 56.4. The molecule has 0 amide bonds. The van der Waals surface area contributed by atoms with Crippen molar-refractivity contribution in [2.45, 2.75) is 213 Å². The van der Waals surface area contributed by atoms with Crippen LogP contribution in [0, 0.1) is 108 Å². The summed E-state index contributed by atoms with van der Waals surface area (Å²) in [7, 11) is 0. The number of pyridine rings is 1. The smallest absolute Gasteiger partial charge is 0.127 e. The zero-order valence-electron chi connectivity index (χ0n) is 58.4. The molecule has 520 valence electrons. The van der Waals surface area contributed by atoms with Crippen LogP contribution >= 0.6 is 0 Å². The van der Waals surface area contributed by atoms with Crippen LogP contribution in [0.15, 0.2) is 194 Å². The van der Waals surface area contributed by atoms with Gasteiger partial charge in [-0.15, -0.1) is 6.42 Å². The van der Waals surface area contributed by atoms with E-state index in [1.54, 1.807) is 18.2 Å². The highest BCUT2D eigenvalue weighted by atomic mass is 19.1. The number of nitrogens with zero attached hydrogens (tertiary/aromatic N) is 3. The largest absolute Gasteiger partial charge is 0.261 e. The maximum absolute atomic E-state index is 13.2. The molecule has 0 bridgehead atoms. The number of hydrogen-bond acceptors (Lipinski definition) is 3. The number of aromatic nitrogens is 1. The molecule has 0 aliphatic carbocycles. The predicted octanol–water partition coefficient (Wildman–Crippen LogP) is 26.3. The van der Waals surface area contributed by atoms with Crippen molar-refractivity contribution < 1.29 is 8.78 Å². The molecular formula is C90H131F2N3. The van der Waals surface area contributed by atoms with Gasteiger partial charge in [-0.05, 0) is 200 Å². The van der Waals surface area contributed by atoms with E-state index in [9.17, 15) is 8.78 Å². The van der Waals surface area contributed by atoms with E-state index in [1.165, 1.54) is 76.0 Å². The molecule has 0 spiro atoms. The summed E-state index contributed by atoms with van der Waals surface area (Å²) in [6.45, 7) is 39.2. The first-order chi connectivity index (χ1) is 42.7. The van der Waals surface area contributed by atoms with Gasteiger partial charge in [0.1, 0.15) is 11.6 Å². The van der Waals surface area contributed by atoms with Crippen LogP contribution in [0.1, 0.15) is 220 Å². The molecule has 0 saturated carbocycles. The summed E-state index contributed by atoms with van der Waals surface area (Å²) in [6, 6.07) is 65.7. The van der Waals surface area contributed by atoms with Gasteiger partial charge in [-0.3, -0.25) is 4.98 Å². The van der Waals surface area contributed by atoms with Crippen LogP contribution in [0.5, 0.6) is 0 Å². The molecule has 8 aromatic rings. The number of hydrogen-bond donors (Lipinski definition) is 0. The lowest BCUT2D eigenvalue weighted by Gasteiger charge is -2.06. The summed E-state index contributed by atoms with van der Waals surface area (Å²) in [5, 5.41) is 17.1. The minimum Gasteiger partial charge on any atom is -0.261 e. The fourth-order valence-corrected chi connectivity index (χ4v) is 9.32. The monoisotopic (exact) mass is 1290 g/mol. The van der Waals surface area contributed by atoms with Crippen molar-refractivity contribution in [3.63, 3.8) is 0 Å². The van der Waals surface area contributed by atoms with Crippen molar-refractivity contribution >= 4 is 0 Å². The SMILES string of the molecule is C.C.C.C.C.C#Cc1ccccc1CC(C)C.CC(C)Cc1ccc(C#N)cc1.CC(C)Cc1ccc(C#N)cc1F.CC(C)Cc1ccccc1.CC(C)Cc1ccccc1F.CC(C)Cc1ccccn1.Cc1ccc(CC(C)C)cc1.Cc1cccc(CC(C)C)c1. The number of benzene rings is 7. The maximum Gasteiger partial charge on any atom is 0.127 e. The zero-order valence-corrected chi connectivity index (χ0v) is 58.4. The second-order valence-corrected chi connectivity index (χ2v) is 26.7. The lowest BCUT2D eigenvalue weighted by Crippen LogP contribution is -1.97. The number of aryl methyl sites for hydroxylation is 2. The van der Waals surface area contributed by atoms with E-state index in [1.807, 2.05) is 92.8 Å². The summed E-state index contributed by atoms with van der Waals surface area (Å²) >= 11 is 0. The van der Waals surface area contributed by atoms with Gasteiger partial charge < -0.3 is 0 Å². The van der Waals surface area contributed by atoms with E-state index in [-0.39, 0.29) is 48.8 Å². The van der Waals surface area contributed by atoms with Crippen LogP contribution in [0.2, 0.25) is 0 Å². The molecule has 1 aromatic heterocycles. The van der Waals surface area contributed by atoms with Crippen molar-refractivity contribution in [3.05, 3.63) is 278 Å². The maximum atomic E-state index is 13.2. The van der Waals surface area contributed by atoms with Gasteiger partial charge in [0.15, 0.2) is 0 Å². The molecule has 0 fully saturated rings. The standard InChI is InChI=1S/C12H14.C11H12FN.C11H13N.2C11H16.C10H13F.C10H14.C9H13N.5CH4/c1-4-11-7-5-6-8-12(11)9-10(2)3;1-8(2)5-10-4-3-9(7-13)6-11(10)12;1-9(2)7-10-3-5-11(8-12)6-4-10;1-9(2)8-11-6-4-10(3)5-7-11;1-9(2)7-11-6-4-5-10(3)8-11;1-8(2)7-9-5-3-4-6-10(9)11;1-9(2)8-10-6-4-3-5-7-10;1-8(2)7-9-5-3-4-6-10-9;;;;;/h1,5-8,10H,9H2,2-3H3;3-4,6,8H,5H2,1-2H3;3-6,9H,7H2,1-2H3;4-7,9H,8H2,1-3H3;4-6,8-9H,7H2,1-3H3;3-6,8H,7H2,1-2H3;3-7,9H,8H2,1-2H3;3-6,8H,7H2,1-2H3;5*1H4. The quantitative estimate of drug-likeness (QED) is 0.0906. The molecule has 0 radical (unpaired) electrons. The number of rotatable bonds is 16. The highest BCUT2D eigenvalue weighted by Gasteiger charge is 2.07. The molecule has 3 nitrogen and oxygen atoms in total. The van der Waals surface area contributed by atoms with Crippen LogP contribution in [0.25, 0.3) is 0 Å². The van der Waals surface area contributed by atoms with Crippen molar-refractivity contribution in [2.75, 3.05) is 0 Å². The molecule has 0 unspecified atom stereocenters. The lowest BCUT2D eigenvalue weighted by molar-refractivity contribution is 0.574. The average Bonchev–Trinajstić information content (AvgIpc) is 1.03. The topological polar surface area (TPSA) is 60.5 Å². The summed E-state index contributed by atoms with van der Waals surface area (Å²) in [4.78, 5) is 4.22. The lowest BCUT2D eigenvalue weighted by atomic mass is 9.98. The van der Waals surface area contributed by atoms with Gasteiger partial charge in [-0.1, -0.05) is 304 Å². The third-order valence-electron chi connectivity index (χ3n) is 13.2. The van der Waals surface area contributed by atoms with Crippen molar-refractivity contribution in [2.24, 2.45) is 47.3 Å². The Morgan fingerprint density at radius 2 is 0.716 bits per heavy atom. The van der Waals surface area contributed by atoms with Crippen LogP contribution in [-0.4, -0.2) is 4.98 Å². The molecule has 0 saturated heterocycles. The Bertz CT molecular complexity index is 3200. The second-order valence-electron chi connectivity index (χ2n) is 26.7. The van der Waals surface area contributed by atoms with Crippen LogP contribution in [0.4, 0.5) is 8.78 Å². The minimum absolute atomic E-state index is 0. The first kappa shape index (κ1) is 95.8. The van der Waals surface area contributed by atoms with E-state index in [0.29, 0.717) is 40.7 Å². The first-order valence-corrected chi connectivity index (χ1v) is 32.7. The van der Waals surface area contributed by atoms with Crippen molar-refractivity contribution in [1.29, 1.82) is 10.5 Å². The number of halogens is 2. The molecule has 7 aromatic carbocycles. The van der Waals surface area contributed by atoms with E-state index in [2.05, 4.69) is 219 Å². The van der Waals surface area contributed by atoms with Gasteiger partial charge in [-0.25, -0.2) is 8.78 Å². The Labute approximate surface area is 584 Å². The molecule has 0 aliphatic rings. The molecule has 95 heavy (non-hydrogen) atoms. The van der Waals surface area contributed by atoms with Gasteiger partial charge >= 0.3 is 0 Å². The van der Waals surface area contributed by atoms with E-state index in [0.717, 1.165) is 66.5 Å². The molecule has 0 aliphatic heterocycles. The summed E-state index contributed by atoms with van der Waals surface area (Å²) in [5.74, 6) is 7.64. The normalized spacial score (nSPS) is 9.69. The molecular weight excluding hydrogens is 1160 g/mol. The predicted molar refractivity (Wildman–Crippen MR) is 418 cm³/mol. The Morgan fingerprint density at radius 3 is 1.14 bits per heavy atom. The fraction of sp³-hybridized carbons (Fsp3) is 0.433. The van der Waals surface area contributed by atoms with Gasteiger partial charge in [0.25, 0.3) is 0 Å². The Hall–Kier alpha value is -7.91. The van der Waals surface area contributed by atoms with Crippen molar-refractivity contribution in [3.8, 4) is 24.5 Å². The third-order valence-corrected chi connectivity index (χ3v) is 13.2. The molecule has 8 rings (SSSR count). The Morgan fingerprint density at radius 1 is 0.337 bits per heavy atom. The van der Waals surface area contributed by atoms with Crippen LogP contribution in [0.3, 0.4) is 0 Å². The zero-order chi connectivity index (χ0) is 67.4. The van der Waals surface area contributed by atoms with Gasteiger partial charge in [-0.2, -0.15) is 10.5 Å². The van der Waals surface area contributed by atoms with E-state index < -0.39 is 0 Å². The average molecular weight is 1290 g/mol.